The number of nitrogens with zero attached hydrogens (tertiary/aromatic N) is 1. The molecule has 3 aromatic carbocycles. The van der Waals surface area contributed by atoms with E-state index in [1.54, 1.807) is 36.4 Å². The highest BCUT2D eigenvalue weighted by molar-refractivity contribution is 14.1. The van der Waals surface area contributed by atoms with Crippen molar-refractivity contribution < 1.29 is 28.6 Å². The van der Waals surface area contributed by atoms with Gasteiger partial charge in [-0.15, -0.1) is 0 Å². The number of benzene rings is 3. The van der Waals surface area contributed by atoms with Crippen molar-refractivity contribution in [3.8, 4) is 17.2 Å². The number of thioether (sulfide) groups is 1. The Bertz CT molecular complexity index is 1420. The molecular weight excluding hydrogens is 643 g/mol. The van der Waals surface area contributed by atoms with Crippen LogP contribution >= 0.6 is 34.4 Å². The molecule has 1 heterocycles. The summed E-state index contributed by atoms with van der Waals surface area (Å²) in [4.78, 5) is 39.4. The molecule has 1 aliphatic heterocycles. The van der Waals surface area contributed by atoms with Gasteiger partial charge in [-0.2, -0.15) is 0 Å². The molecule has 0 aliphatic carbocycles. The Balaban J connectivity index is 1.45. The number of imide groups is 1. The van der Waals surface area contributed by atoms with Crippen molar-refractivity contribution in [2.45, 2.75) is 27.4 Å². The predicted molar refractivity (Wildman–Crippen MR) is 165 cm³/mol. The van der Waals surface area contributed by atoms with Crippen LogP contribution in [-0.2, 0) is 16.2 Å². The average Bonchev–Trinajstić information content (AvgIpc) is 3.18. The molecule has 0 bridgehead atoms. The highest BCUT2D eigenvalue weighted by Crippen LogP contribution is 2.38. The number of aryl methyl sites for hydroxylation is 1. The van der Waals surface area contributed by atoms with E-state index in [1.807, 2.05) is 51.1 Å². The number of ether oxygens (including phenoxy) is 3. The molecule has 0 spiro atoms. The van der Waals surface area contributed by atoms with Gasteiger partial charge in [-0.3, -0.25) is 19.3 Å². The van der Waals surface area contributed by atoms with E-state index >= 15 is 0 Å². The summed E-state index contributed by atoms with van der Waals surface area (Å²) in [5, 5.41) is 2.20. The molecule has 3 amide bonds. The molecule has 0 unspecified atom stereocenters. The van der Waals surface area contributed by atoms with Gasteiger partial charge in [-0.25, -0.2) is 0 Å². The van der Waals surface area contributed by atoms with Crippen LogP contribution < -0.4 is 19.5 Å². The first-order chi connectivity index (χ1) is 19.3. The number of anilines is 1. The van der Waals surface area contributed by atoms with E-state index in [9.17, 15) is 14.4 Å². The van der Waals surface area contributed by atoms with Crippen LogP contribution in [0.5, 0.6) is 17.2 Å². The first kappa shape index (κ1) is 29.5. The van der Waals surface area contributed by atoms with Gasteiger partial charge in [0.1, 0.15) is 18.9 Å². The maximum absolute atomic E-state index is 13.0. The van der Waals surface area contributed by atoms with Crippen LogP contribution in [0.3, 0.4) is 0 Å². The number of carbonyl (C=O) groups excluding carboxylic acids is 3. The van der Waals surface area contributed by atoms with Crippen LogP contribution in [-0.4, -0.2) is 41.7 Å². The van der Waals surface area contributed by atoms with Crippen molar-refractivity contribution in [3.63, 3.8) is 0 Å². The van der Waals surface area contributed by atoms with Crippen LogP contribution in [0.2, 0.25) is 0 Å². The highest BCUT2D eigenvalue weighted by Gasteiger charge is 2.36. The summed E-state index contributed by atoms with van der Waals surface area (Å²) in [6, 6.07) is 18.6. The zero-order chi connectivity index (χ0) is 28.6. The lowest BCUT2D eigenvalue weighted by molar-refractivity contribution is -0.127. The van der Waals surface area contributed by atoms with Crippen LogP contribution in [0, 0.1) is 10.5 Å². The van der Waals surface area contributed by atoms with Gasteiger partial charge in [0.25, 0.3) is 11.1 Å². The molecule has 8 nitrogen and oxygen atoms in total. The van der Waals surface area contributed by atoms with Gasteiger partial charge in [0.05, 0.1) is 21.7 Å². The zero-order valence-corrected chi connectivity index (χ0v) is 25.3. The van der Waals surface area contributed by atoms with Gasteiger partial charge in [-0.1, -0.05) is 29.8 Å². The highest BCUT2D eigenvalue weighted by atomic mass is 127. The average molecular weight is 673 g/mol. The molecular formula is C30H29IN2O6S. The lowest BCUT2D eigenvalue weighted by Gasteiger charge is -2.15. The van der Waals surface area contributed by atoms with Crippen molar-refractivity contribution in [3.05, 3.63) is 85.8 Å². The Kier molecular flexibility index (Phi) is 10.1. The third-order valence-corrected chi connectivity index (χ3v) is 7.47. The normalized spacial score (nSPS) is 14.0. The Morgan fingerprint density at radius 1 is 0.975 bits per heavy atom. The third-order valence-electron chi connectivity index (χ3n) is 5.76. The smallest absolute Gasteiger partial charge is 0.294 e. The van der Waals surface area contributed by atoms with E-state index in [4.69, 9.17) is 14.2 Å². The fraction of sp³-hybridized carbons (Fsp3) is 0.233. The minimum atomic E-state index is -0.524. The molecule has 1 aliphatic rings. The number of rotatable bonds is 11. The Morgan fingerprint density at radius 2 is 1.68 bits per heavy atom. The van der Waals surface area contributed by atoms with E-state index in [2.05, 4.69) is 27.9 Å². The van der Waals surface area contributed by atoms with Crippen molar-refractivity contribution in [2.75, 3.05) is 25.1 Å². The molecule has 4 rings (SSSR count). The van der Waals surface area contributed by atoms with Crippen LogP contribution in [0.1, 0.15) is 30.5 Å². The van der Waals surface area contributed by atoms with Crippen molar-refractivity contribution in [1.82, 2.24) is 4.90 Å². The maximum Gasteiger partial charge on any atom is 0.294 e. The molecule has 0 saturated carbocycles. The maximum atomic E-state index is 13.0. The molecule has 1 fully saturated rings. The first-order valence-corrected chi connectivity index (χ1v) is 14.6. The molecule has 0 aromatic heterocycles. The standard InChI is InChI=1S/C30H29IN2O6S/c1-4-37-23-12-10-22(11-13-23)32-27(34)17-33-29(35)26(40-30(33)36)16-21-14-24(31)28(25(15-21)38-5-2)39-18-20-8-6-19(3)7-9-20/h6-16H,4-5,17-18H2,1-3H3,(H,32,34)/b26-16+. The van der Waals surface area contributed by atoms with Gasteiger partial charge >= 0.3 is 0 Å². The summed E-state index contributed by atoms with van der Waals surface area (Å²) in [5.74, 6) is 0.839. The van der Waals surface area contributed by atoms with Crippen LogP contribution in [0.15, 0.2) is 65.6 Å². The molecule has 1 saturated heterocycles. The molecule has 0 radical (unpaired) electrons. The summed E-state index contributed by atoms with van der Waals surface area (Å²) in [6.07, 6.45) is 1.63. The molecule has 0 atom stereocenters. The third kappa shape index (κ3) is 7.57. The van der Waals surface area contributed by atoms with E-state index in [-0.39, 0.29) is 11.4 Å². The molecule has 3 aromatic rings. The molecule has 1 N–H and O–H groups in total. The number of hydrogen-bond donors (Lipinski definition) is 1. The lowest BCUT2D eigenvalue weighted by Crippen LogP contribution is -2.36. The number of hydrogen-bond acceptors (Lipinski definition) is 7. The summed E-state index contributed by atoms with van der Waals surface area (Å²) >= 11 is 2.97. The van der Waals surface area contributed by atoms with Crippen molar-refractivity contribution in [1.29, 1.82) is 0 Å². The predicted octanol–water partition coefficient (Wildman–Crippen LogP) is 6.65. The minimum Gasteiger partial charge on any atom is -0.494 e. The van der Waals surface area contributed by atoms with E-state index in [0.29, 0.717) is 48.3 Å². The Hall–Kier alpha value is -3.51. The molecule has 10 heteroatoms. The van der Waals surface area contributed by atoms with E-state index in [1.165, 1.54) is 5.56 Å². The lowest BCUT2D eigenvalue weighted by atomic mass is 10.1. The second kappa shape index (κ2) is 13.7. The monoisotopic (exact) mass is 672 g/mol. The van der Waals surface area contributed by atoms with Crippen molar-refractivity contribution >= 4 is 63.2 Å². The summed E-state index contributed by atoms with van der Waals surface area (Å²) in [6.45, 7) is 6.77. The summed E-state index contributed by atoms with van der Waals surface area (Å²) < 4.78 is 18.1. The zero-order valence-electron chi connectivity index (χ0n) is 22.4. The summed E-state index contributed by atoms with van der Waals surface area (Å²) in [5.41, 5.74) is 3.43. The number of halogens is 1. The first-order valence-electron chi connectivity index (χ1n) is 12.7. The SMILES string of the molecule is CCOc1ccc(NC(=O)CN2C(=O)S/C(=C/c3cc(I)c(OCc4ccc(C)cc4)c(OCC)c3)C2=O)cc1. The summed E-state index contributed by atoms with van der Waals surface area (Å²) in [7, 11) is 0. The topological polar surface area (TPSA) is 94.2 Å². The fourth-order valence-corrected chi connectivity index (χ4v) is 5.47. The van der Waals surface area contributed by atoms with Gasteiger partial charge in [0, 0.05) is 5.69 Å². The quantitative estimate of drug-likeness (QED) is 0.180. The van der Waals surface area contributed by atoms with Gasteiger partial charge in [0.15, 0.2) is 11.5 Å². The second-order valence-corrected chi connectivity index (χ2v) is 11.0. The van der Waals surface area contributed by atoms with E-state index in [0.717, 1.165) is 25.8 Å². The second-order valence-electron chi connectivity index (χ2n) is 8.81. The van der Waals surface area contributed by atoms with E-state index < -0.39 is 17.1 Å². The minimum absolute atomic E-state index is 0.227. The van der Waals surface area contributed by atoms with Gasteiger partial charge in [-0.05, 0) is 109 Å². The van der Waals surface area contributed by atoms with Gasteiger partial charge < -0.3 is 19.5 Å². The Labute approximate surface area is 251 Å². The fourth-order valence-electron chi connectivity index (χ4n) is 3.85. The Morgan fingerprint density at radius 3 is 2.35 bits per heavy atom. The van der Waals surface area contributed by atoms with Gasteiger partial charge in [0.2, 0.25) is 5.91 Å². The molecule has 208 valence electrons. The van der Waals surface area contributed by atoms with Crippen LogP contribution in [0.25, 0.3) is 6.08 Å². The number of nitrogens with one attached hydrogen (secondary N) is 1. The largest absolute Gasteiger partial charge is 0.494 e. The number of carbonyl (C=O) groups is 3. The van der Waals surface area contributed by atoms with Crippen molar-refractivity contribution in [2.24, 2.45) is 0 Å². The molecule has 40 heavy (non-hydrogen) atoms. The number of amides is 3. The van der Waals surface area contributed by atoms with Crippen LogP contribution in [0.4, 0.5) is 10.5 Å².